The van der Waals surface area contributed by atoms with Gasteiger partial charge in [0.05, 0.1) is 12.2 Å². The molecule has 4 heteroatoms. The zero-order chi connectivity index (χ0) is 12.3. The van der Waals surface area contributed by atoms with Crippen LogP contribution in [0.5, 0.6) is 0 Å². The van der Waals surface area contributed by atoms with E-state index in [-0.39, 0.29) is 6.61 Å². The number of nitrogens with zero attached hydrogens (tertiary/aromatic N) is 1. The molecular weight excluding hydrogens is 218 g/mol. The van der Waals surface area contributed by atoms with Crippen molar-refractivity contribution in [2.45, 2.75) is 20.1 Å². The summed E-state index contributed by atoms with van der Waals surface area (Å²) >= 11 is 0. The molecule has 2 rings (SSSR count). The van der Waals surface area contributed by atoms with Crippen molar-refractivity contribution in [1.82, 2.24) is 5.16 Å². The minimum absolute atomic E-state index is 0.106. The van der Waals surface area contributed by atoms with Crippen LogP contribution in [0.3, 0.4) is 0 Å². The van der Waals surface area contributed by atoms with E-state index in [4.69, 9.17) is 9.26 Å². The number of aliphatic hydroxyl groups excluding tert-OH is 1. The third kappa shape index (κ3) is 2.38. The smallest absolute Gasteiger partial charge is 0.168 e. The van der Waals surface area contributed by atoms with E-state index in [1.54, 1.807) is 7.11 Å². The lowest BCUT2D eigenvalue weighted by Crippen LogP contribution is -1.93. The van der Waals surface area contributed by atoms with E-state index in [2.05, 4.69) is 5.16 Å². The summed E-state index contributed by atoms with van der Waals surface area (Å²) in [5, 5.41) is 13.4. The van der Waals surface area contributed by atoms with Crippen LogP contribution in [0.15, 0.2) is 28.8 Å². The van der Waals surface area contributed by atoms with Crippen LogP contribution in [0, 0.1) is 6.92 Å². The lowest BCUT2D eigenvalue weighted by atomic mass is 10.1. The van der Waals surface area contributed by atoms with Crippen LogP contribution in [-0.2, 0) is 18.0 Å². The molecule has 90 valence electrons. The van der Waals surface area contributed by atoms with Crippen molar-refractivity contribution in [3.05, 3.63) is 41.2 Å². The van der Waals surface area contributed by atoms with Gasteiger partial charge in [-0.15, -0.1) is 0 Å². The second-order valence-corrected chi connectivity index (χ2v) is 3.89. The van der Waals surface area contributed by atoms with E-state index in [0.29, 0.717) is 23.6 Å². The van der Waals surface area contributed by atoms with Crippen molar-refractivity contribution in [1.29, 1.82) is 0 Å². The molecule has 0 atom stereocenters. The van der Waals surface area contributed by atoms with Gasteiger partial charge in [-0.05, 0) is 6.92 Å². The molecule has 0 saturated heterocycles. The first kappa shape index (κ1) is 11.8. The fourth-order valence-electron chi connectivity index (χ4n) is 1.69. The number of benzene rings is 1. The summed E-state index contributed by atoms with van der Waals surface area (Å²) < 4.78 is 10.2. The van der Waals surface area contributed by atoms with Crippen LogP contribution in [0.4, 0.5) is 0 Å². The minimum atomic E-state index is -0.106. The SMILES string of the molecule is COCc1onc(-c2ccc(C)cc2)c1CO. The molecule has 0 spiro atoms. The molecule has 1 heterocycles. The Morgan fingerprint density at radius 2 is 2.00 bits per heavy atom. The Hall–Kier alpha value is -1.65. The summed E-state index contributed by atoms with van der Waals surface area (Å²) in [5.74, 6) is 0.575. The first-order chi connectivity index (χ1) is 8.26. The van der Waals surface area contributed by atoms with Crippen LogP contribution in [0.25, 0.3) is 11.3 Å². The van der Waals surface area contributed by atoms with Gasteiger partial charge in [-0.25, -0.2) is 0 Å². The third-order valence-electron chi connectivity index (χ3n) is 2.63. The topological polar surface area (TPSA) is 55.5 Å². The van der Waals surface area contributed by atoms with Gasteiger partial charge in [-0.2, -0.15) is 0 Å². The van der Waals surface area contributed by atoms with Crippen molar-refractivity contribution in [2.75, 3.05) is 7.11 Å². The maximum Gasteiger partial charge on any atom is 0.168 e. The molecule has 0 saturated carbocycles. The predicted octanol–water partition coefficient (Wildman–Crippen LogP) is 2.29. The summed E-state index contributed by atoms with van der Waals surface area (Å²) in [6, 6.07) is 7.92. The Labute approximate surface area is 99.8 Å². The van der Waals surface area contributed by atoms with Gasteiger partial charge in [0, 0.05) is 12.7 Å². The monoisotopic (exact) mass is 233 g/mol. The Morgan fingerprint density at radius 3 is 2.59 bits per heavy atom. The second-order valence-electron chi connectivity index (χ2n) is 3.89. The van der Waals surface area contributed by atoms with Gasteiger partial charge in [0.1, 0.15) is 12.3 Å². The summed E-state index contributed by atoms with van der Waals surface area (Å²) in [6.07, 6.45) is 0. The van der Waals surface area contributed by atoms with Crippen molar-refractivity contribution in [2.24, 2.45) is 0 Å². The molecule has 0 fully saturated rings. The highest BCUT2D eigenvalue weighted by molar-refractivity contribution is 5.63. The van der Waals surface area contributed by atoms with E-state index in [1.165, 1.54) is 5.56 Å². The van der Waals surface area contributed by atoms with E-state index in [0.717, 1.165) is 5.56 Å². The molecule has 0 amide bonds. The normalized spacial score (nSPS) is 10.8. The molecule has 17 heavy (non-hydrogen) atoms. The molecule has 0 aliphatic carbocycles. The Morgan fingerprint density at radius 1 is 1.29 bits per heavy atom. The standard InChI is InChI=1S/C13H15NO3/c1-9-3-5-10(6-4-9)13-11(7-15)12(8-16-2)17-14-13/h3-6,15H,7-8H2,1-2H3. The number of rotatable bonds is 4. The quantitative estimate of drug-likeness (QED) is 0.880. The minimum Gasteiger partial charge on any atom is -0.391 e. The van der Waals surface area contributed by atoms with Gasteiger partial charge in [0.25, 0.3) is 0 Å². The first-order valence-electron chi connectivity index (χ1n) is 5.40. The van der Waals surface area contributed by atoms with Crippen molar-refractivity contribution < 1.29 is 14.4 Å². The molecule has 0 aliphatic heterocycles. The van der Waals surface area contributed by atoms with Crippen LogP contribution in [0.2, 0.25) is 0 Å². The maximum absolute atomic E-state index is 9.38. The molecule has 0 bridgehead atoms. The maximum atomic E-state index is 9.38. The molecular formula is C13H15NO3. The van der Waals surface area contributed by atoms with E-state index < -0.39 is 0 Å². The highest BCUT2D eigenvalue weighted by Crippen LogP contribution is 2.26. The van der Waals surface area contributed by atoms with Gasteiger partial charge < -0.3 is 14.4 Å². The number of aromatic nitrogens is 1. The van der Waals surface area contributed by atoms with Gasteiger partial charge in [0.2, 0.25) is 0 Å². The van der Waals surface area contributed by atoms with Crippen LogP contribution < -0.4 is 0 Å². The number of hydrogen-bond donors (Lipinski definition) is 1. The van der Waals surface area contributed by atoms with Crippen LogP contribution in [-0.4, -0.2) is 17.4 Å². The van der Waals surface area contributed by atoms with E-state index in [1.807, 2.05) is 31.2 Å². The summed E-state index contributed by atoms with van der Waals surface area (Å²) in [7, 11) is 1.58. The zero-order valence-electron chi connectivity index (χ0n) is 9.93. The summed E-state index contributed by atoms with van der Waals surface area (Å²) in [5.41, 5.74) is 3.49. The molecule has 0 aliphatic rings. The summed E-state index contributed by atoms with van der Waals surface area (Å²) in [6.45, 7) is 2.23. The third-order valence-corrected chi connectivity index (χ3v) is 2.63. The molecule has 4 nitrogen and oxygen atoms in total. The molecule has 1 aromatic heterocycles. The molecule has 1 N–H and O–H groups in total. The lowest BCUT2D eigenvalue weighted by Gasteiger charge is -2.01. The Bertz CT molecular complexity index is 488. The van der Waals surface area contributed by atoms with Crippen LogP contribution in [0.1, 0.15) is 16.9 Å². The molecule has 2 aromatic rings. The van der Waals surface area contributed by atoms with Gasteiger partial charge >= 0.3 is 0 Å². The van der Waals surface area contributed by atoms with Crippen molar-refractivity contribution in [3.8, 4) is 11.3 Å². The number of methoxy groups -OCH3 is 1. The number of aliphatic hydroxyl groups is 1. The Kier molecular flexibility index (Phi) is 3.56. The van der Waals surface area contributed by atoms with Crippen molar-refractivity contribution in [3.63, 3.8) is 0 Å². The predicted molar refractivity (Wildman–Crippen MR) is 63.3 cm³/mol. The second kappa shape index (κ2) is 5.12. The largest absolute Gasteiger partial charge is 0.391 e. The van der Waals surface area contributed by atoms with Gasteiger partial charge in [0.15, 0.2) is 5.76 Å². The van der Waals surface area contributed by atoms with Gasteiger partial charge in [-0.1, -0.05) is 35.0 Å². The fraction of sp³-hybridized carbons (Fsp3) is 0.308. The highest BCUT2D eigenvalue weighted by Gasteiger charge is 2.16. The van der Waals surface area contributed by atoms with E-state index in [9.17, 15) is 5.11 Å². The molecule has 0 unspecified atom stereocenters. The van der Waals surface area contributed by atoms with E-state index >= 15 is 0 Å². The average molecular weight is 233 g/mol. The van der Waals surface area contributed by atoms with Gasteiger partial charge in [-0.3, -0.25) is 0 Å². The number of aryl methyl sites for hydroxylation is 1. The fourth-order valence-corrected chi connectivity index (χ4v) is 1.69. The average Bonchev–Trinajstić information content (AvgIpc) is 2.73. The van der Waals surface area contributed by atoms with Crippen molar-refractivity contribution >= 4 is 0 Å². The zero-order valence-corrected chi connectivity index (χ0v) is 9.93. The summed E-state index contributed by atoms with van der Waals surface area (Å²) in [4.78, 5) is 0. The molecule has 0 radical (unpaired) electrons. The van der Waals surface area contributed by atoms with Crippen LogP contribution >= 0.6 is 0 Å². The highest BCUT2D eigenvalue weighted by atomic mass is 16.5. The number of hydrogen-bond acceptors (Lipinski definition) is 4. The lowest BCUT2D eigenvalue weighted by molar-refractivity contribution is 0.152. The molecule has 1 aromatic carbocycles. The number of ether oxygens (including phenoxy) is 1. The Balaban J connectivity index is 2.41. The first-order valence-corrected chi connectivity index (χ1v) is 5.40.